The Balaban J connectivity index is 1.36. The van der Waals surface area contributed by atoms with Gasteiger partial charge in [0.1, 0.15) is 11.4 Å². The fourth-order valence-corrected chi connectivity index (χ4v) is 4.01. The number of fused-ring (bicyclic) bond motifs is 4. The molecule has 1 N–H and O–H groups in total. The first-order valence-electron chi connectivity index (χ1n) is 9.40. The number of ether oxygens (including phenoxy) is 2. The third kappa shape index (κ3) is 2.55. The Hall–Kier alpha value is -2.50. The van der Waals surface area contributed by atoms with Gasteiger partial charge in [0, 0.05) is 37.1 Å². The van der Waals surface area contributed by atoms with Crippen LogP contribution in [0.4, 0.5) is 4.79 Å². The van der Waals surface area contributed by atoms with Gasteiger partial charge in [-0.2, -0.15) is 5.10 Å². The lowest BCUT2D eigenvalue weighted by Crippen LogP contribution is -2.49. The number of amides is 1. The molecule has 1 saturated heterocycles. The molecular weight excluding hydrogens is 330 g/mol. The largest absolute Gasteiger partial charge is 0.482 e. The topological polar surface area (TPSA) is 67.4 Å². The predicted molar refractivity (Wildman–Crippen MR) is 95.9 cm³/mol. The summed E-state index contributed by atoms with van der Waals surface area (Å²) in [5, 5.41) is 7.42. The fourth-order valence-electron chi connectivity index (χ4n) is 4.01. The standard InChI is InChI=1S/C20H23N3O3/c1-13-2-5-15-17(10-13)26-20(16-11-21-22-18(15)16)6-8-23(9-7-20)19(24)25-12-14-3-4-14/h2,5,10-11,14H,3-4,6-9,12H2,1H3,(H,21,22). The molecule has 2 aliphatic heterocycles. The number of benzene rings is 1. The Bertz CT molecular complexity index is 848. The number of piperidine rings is 1. The molecule has 1 spiro atoms. The number of H-pyrrole nitrogens is 1. The molecule has 3 aliphatic rings. The molecule has 0 bridgehead atoms. The maximum atomic E-state index is 12.3. The van der Waals surface area contributed by atoms with Gasteiger partial charge in [0.05, 0.1) is 18.5 Å². The summed E-state index contributed by atoms with van der Waals surface area (Å²) in [5.74, 6) is 1.48. The fraction of sp³-hybridized carbons (Fsp3) is 0.500. The van der Waals surface area contributed by atoms with Gasteiger partial charge in [0.25, 0.3) is 0 Å². The summed E-state index contributed by atoms with van der Waals surface area (Å²) in [6.45, 7) is 3.90. The lowest BCUT2D eigenvalue weighted by Gasteiger charge is -2.43. The lowest BCUT2D eigenvalue weighted by molar-refractivity contribution is -0.00599. The van der Waals surface area contributed by atoms with E-state index in [1.165, 1.54) is 18.4 Å². The highest BCUT2D eigenvalue weighted by molar-refractivity contribution is 5.74. The molecule has 1 amide bonds. The average molecular weight is 353 g/mol. The number of nitrogens with zero attached hydrogens (tertiary/aromatic N) is 2. The number of carbonyl (C=O) groups is 1. The van der Waals surface area contributed by atoms with Gasteiger partial charge >= 0.3 is 6.09 Å². The lowest BCUT2D eigenvalue weighted by atomic mass is 9.81. The molecule has 1 aliphatic carbocycles. The number of likely N-dealkylation sites (tertiary alicyclic amines) is 1. The van der Waals surface area contributed by atoms with Crippen LogP contribution in [0, 0.1) is 12.8 Å². The van der Waals surface area contributed by atoms with E-state index in [1.807, 2.05) is 11.1 Å². The van der Waals surface area contributed by atoms with E-state index >= 15 is 0 Å². The van der Waals surface area contributed by atoms with E-state index in [9.17, 15) is 4.79 Å². The minimum atomic E-state index is -0.420. The molecule has 26 heavy (non-hydrogen) atoms. The molecule has 2 aromatic rings. The third-order valence-corrected chi connectivity index (χ3v) is 5.81. The summed E-state index contributed by atoms with van der Waals surface area (Å²) < 4.78 is 12.0. The molecule has 3 heterocycles. The number of nitrogens with one attached hydrogen (secondary N) is 1. The van der Waals surface area contributed by atoms with Crippen molar-refractivity contribution < 1.29 is 14.3 Å². The Morgan fingerprint density at radius 1 is 1.38 bits per heavy atom. The molecular formula is C20H23N3O3. The molecule has 0 radical (unpaired) electrons. The summed E-state index contributed by atoms with van der Waals surface area (Å²) >= 11 is 0. The highest BCUT2D eigenvalue weighted by Crippen LogP contribution is 2.48. The van der Waals surface area contributed by atoms with Crippen LogP contribution in [-0.2, 0) is 10.3 Å². The zero-order valence-corrected chi connectivity index (χ0v) is 15.0. The van der Waals surface area contributed by atoms with Crippen LogP contribution in [0.2, 0.25) is 0 Å². The number of aromatic amines is 1. The van der Waals surface area contributed by atoms with Crippen molar-refractivity contribution in [2.24, 2.45) is 5.92 Å². The number of hydrogen-bond donors (Lipinski definition) is 1. The quantitative estimate of drug-likeness (QED) is 0.895. The van der Waals surface area contributed by atoms with Gasteiger partial charge in [-0.3, -0.25) is 5.10 Å². The molecule has 6 heteroatoms. The van der Waals surface area contributed by atoms with Crippen molar-refractivity contribution in [1.82, 2.24) is 15.1 Å². The third-order valence-electron chi connectivity index (χ3n) is 5.81. The van der Waals surface area contributed by atoms with E-state index in [0.717, 1.165) is 35.4 Å². The van der Waals surface area contributed by atoms with Gasteiger partial charge in [-0.15, -0.1) is 0 Å². The second kappa shape index (κ2) is 5.76. The summed E-state index contributed by atoms with van der Waals surface area (Å²) in [5.41, 5.74) is 3.94. The molecule has 1 aromatic carbocycles. The van der Waals surface area contributed by atoms with Gasteiger partial charge < -0.3 is 14.4 Å². The van der Waals surface area contributed by atoms with Crippen molar-refractivity contribution in [3.05, 3.63) is 35.5 Å². The van der Waals surface area contributed by atoms with E-state index in [-0.39, 0.29) is 6.09 Å². The molecule has 1 saturated carbocycles. The van der Waals surface area contributed by atoms with Crippen LogP contribution in [0.3, 0.4) is 0 Å². The Kier molecular flexibility index (Phi) is 3.48. The summed E-state index contributed by atoms with van der Waals surface area (Å²) in [7, 11) is 0. The van der Waals surface area contributed by atoms with Crippen molar-refractivity contribution in [2.45, 2.75) is 38.2 Å². The van der Waals surface area contributed by atoms with Crippen LogP contribution in [0.15, 0.2) is 24.4 Å². The number of aryl methyl sites for hydroxylation is 1. The van der Waals surface area contributed by atoms with Crippen molar-refractivity contribution in [2.75, 3.05) is 19.7 Å². The van der Waals surface area contributed by atoms with E-state index in [0.29, 0.717) is 25.6 Å². The van der Waals surface area contributed by atoms with Gasteiger partial charge in [-0.25, -0.2) is 4.79 Å². The molecule has 6 nitrogen and oxygen atoms in total. The molecule has 0 atom stereocenters. The predicted octanol–water partition coefficient (Wildman–Crippen LogP) is 3.62. The van der Waals surface area contributed by atoms with Crippen LogP contribution in [0.1, 0.15) is 36.8 Å². The van der Waals surface area contributed by atoms with Crippen molar-refractivity contribution >= 4 is 6.09 Å². The normalized spacial score (nSPS) is 20.3. The van der Waals surface area contributed by atoms with Crippen LogP contribution in [0.25, 0.3) is 11.3 Å². The number of hydrogen-bond acceptors (Lipinski definition) is 4. The first-order valence-corrected chi connectivity index (χ1v) is 9.40. The molecule has 136 valence electrons. The smallest absolute Gasteiger partial charge is 0.409 e. The Morgan fingerprint density at radius 3 is 2.96 bits per heavy atom. The maximum Gasteiger partial charge on any atom is 0.409 e. The van der Waals surface area contributed by atoms with Crippen molar-refractivity contribution in [3.8, 4) is 17.0 Å². The number of aromatic nitrogens is 2. The van der Waals surface area contributed by atoms with Crippen molar-refractivity contribution in [1.29, 1.82) is 0 Å². The van der Waals surface area contributed by atoms with Gasteiger partial charge in [0.2, 0.25) is 0 Å². The monoisotopic (exact) mass is 353 g/mol. The first-order chi connectivity index (χ1) is 12.6. The zero-order valence-electron chi connectivity index (χ0n) is 15.0. The minimum Gasteiger partial charge on any atom is -0.482 e. The van der Waals surface area contributed by atoms with E-state index in [4.69, 9.17) is 9.47 Å². The van der Waals surface area contributed by atoms with Crippen LogP contribution >= 0.6 is 0 Å². The second-order valence-electron chi connectivity index (χ2n) is 7.76. The summed E-state index contributed by atoms with van der Waals surface area (Å²) in [4.78, 5) is 14.1. The Morgan fingerprint density at radius 2 is 2.19 bits per heavy atom. The SMILES string of the molecule is Cc1ccc2c(c1)OC1(CCN(C(=O)OCC3CC3)CC1)c1cn[nH]c1-2. The average Bonchev–Trinajstić information content (AvgIpc) is 3.34. The van der Waals surface area contributed by atoms with E-state index in [1.54, 1.807) is 0 Å². The summed E-state index contributed by atoms with van der Waals surface area (Å²) in [6.07, 6.45) is 5.54. The van der Waals surface area contributed by atoms with Gasteiger partial charge in [-0.1, -0.05) is 6.07 Å². The highest BCUT2D eigenvalue weighted by Gasteiger charge is 2.45. The summed E-state index contributed by atoms with van der Waals surface area (Å²) in [6, 6.07) is 6.25. The first kappa shape index (κ1) is 15.7. The van der Waals surface area contributed by atoms with E-state index < -0.39 is 5.60 Å². The Labute approximate surface area is 152 Å². The van der Waals surface area contributed by atoms with Gasteiger partial charge in [-0.05, 0) is 43.4 Å². The maximum absolute atomic E-state index is 12.3. The molecule has 1 aromatic heterocycles. The zero-order chi connectivity index (χ0) is 17.7. The van der Waals surface area contributed by atoms with Crippen LogP contribution < -0.4 is 4.74 Å². The highest BCUT2D eigenvalue weighted by atomic mass is 16.6. The van der Waals surface area contributed by atoms with Crippen molar-refractivity contribution in [3.63, 3.8) is 0 Å². The van der Waals surface area contributed by atoms with Crippen LogP contribution in [0.5, 0.6) is 5.75 Å². The molecule has 2 fully saturated rings. The van der Waals surface area contributed by atoms with E-state index in [2.05, 4.69) is 35.3 Å². The molecule has 5 rings (SSSR count). The number of carbonyl (C=O) groups excluding carboxylic acids is 1. The van der Waals surface area contributed by atoms with Gasteiger partial charge in [0.15, 0.2) is 0 Å². The minimum absolute atomic E-state index is 0.189. The second-order valence-corrected chi connectivity index (χ2v) is 7.76. The van der Waals surface area contributed by atoms with Crippen LogP contribution in [-0.4, -0.2) is 40.9 Å². The molecule has 0 unspecified atom stereocenters. The number of rotatable bonds is 2.